The smallest absolute Gasteiger partial charge is 0.137 e. The maximum Gasteiger partial charge on any atom is 0.137 e. The van der Waals surface area contributed by atoms with Crippen LogP contribution < -0.4 is 4.74 Å². The fourth-order valence-corrected chi connectivity index (χ4v) is 2.44. The van der Waals surface area contributed by atoms with Crippen molar-refractivity contribution in [3.8, 4) is 5.75 Å². The number of aromatic nitrogens is 1. The number of fused-ring (bicyclic) bond motifs is 1. The molecule has 1 unspecified atom stereocenters. The van der Waals surface area contributed by atoms with E-state index in [1.165, 1.54) is 10.8 Å². The van der Waals surface area contributed by atoms with Crippen LogP contribution in [0.25, 0.3) is 10.8 Å². The van der Waals surface area contributed by atoms with Gasteiger partial charge < -0.3 is 9.84 Å². The van der Waals surface area contributed by atoms with Crippen LogP contribution in [0, 0.1) is 0 Å². The molecule has 106 valence electrons. The molecule has 1 heterocycles. The van der Waals surface area contributed by atoms with Gasteiger partial charge in [0.2, 0.25) is 0 Å². The van der Waals surface area contributed by atoms with Gasteiger partial charge in [-0.25, -0.2) is 0 Å². The van der Waals surface area contributed by atoms with Crippen LogP contribution in [0.5, 0.6) is 5.75 Å². The second-order valence-corrected chi connectivity index (χ2v) is 5.06. The molecule has 0 aliphatic rings. The van der Waals surface area contributed by atoms with Gasteiger partial charge in [0.25, 0.3) is 0 Å². The van der Waals surface area contributed by atoms with Crippen LogP contribution in [0.3, 0.4) is 0 Å². The Hall–Kier alpha value is -2.39. The molecule has 0 saturated carbocycles. The van der Waals surface area contributed by atoms with Crippen molar-refractivity contribution in [3.63, 3.8) is 0 Å². The van der Waals surface area contributed by atoms with E-state index in [-0.39, 0.29) is 0 Å². The summed E-state index contributed by atoms with van der Waals surface area (Å²) < 4.78 is 5.14. The average molecular weight is 279 g/mol. The predicted molar refractivity (Wildman–Crippen MR) is 83.4 cm³/mol. The molecule has 0 spiro atoms. The Labute approximate surface area is 123 Å². The molecular formula is C18H17NO2. The Bertz CT molecular complexity index is 755. The van der Waals surface area contributed by atoms with E-state index in [1.807, 2.05) is 18.2 Å². The Balaban J connectivity index is 1.83. The van der Waals surface area contributed by atoms with Gasteiger partial charge in [-0.1, -0.05) is 42.5 Å². The molecule has 3 aromatic rings. The van der Waals surface area contributed by atoms with Crippen LogP contribution in [-0.4, -0.2) is 17.2 Å². The SMILES string of the molecule is COc1cncc(C(O)Cc2ccc3ccccc3c2)c1. The van der Waals surface area contributed by atoms with E-state index in [4.69, 9.17) is 4.74 Å². The average Bonchev–Trinajstić information content (AvgIpc) is 2.54. The number of pyridine rings is 1. The van der Waals surface area contributed by atoms with Gasteiger partial charge in [0.15, 0.2) is 0 Å². The molecule has 3 nitrogen and oxygen atoms in total. The third-order valence-corrected chi connectivity index (χ3v) is 3.60. The predicted octanol–water partition coefficient (Wildman–Crippen LogP) is 3.52. The lowest BCUT2D eigenvalue weighted by atomic mass is 10.00. The van der Waals surface area contributed by atoms with Crippen molar-refractivity contribution < 1.29 is 9.84 Å². The van der Waals surface area contributed by atoms with Crippen molar-refractivity contribution in [1.29, 1.82) is 0 Å². The van der Waals surface area contributed by atoms with Crippen molar-refractivity contribution >= 4 is 10.8 Å². The highest BCUT2D eigenvalue weighted by Gasteiger charge is 2.10. The number of hydrogen-bond donors (Lipinski definition) is 1. The summed E-state index contributed by atoms with van der Waals surface area (Å²) >= 11 is 0. The lowest BCUT2D eigenvalue weighted by Crippen LogP contribution is -2.02. The Morgan fingerprint density at radius 3 is 2.67 bits per heavy atom. The Kier molecular flexibility index (Phi) is 3.84. The van der Waals surface area contributed by atoms with Crippen molar-refractivity contribution in [2.45, 2.75) is 12.5 Å². The molecule has 3 heteroatoms. The number of nitrogens with zero attached hydrogens (tertiary/aromatic N) is 1. The number of ether oxygens (including phenoxy) is 1. The summed E-state index contributed by atoms with van der Waals surface area (Å²) in [5.41, 5.74) is 1.87. The minimum absolute atomic E-state index is 0.555. The number of hydrogen-bond acceptors (Lipinski definition) is 3. The summed E-state index contributed by atoms with van der Waals surface area (Å²) in [7, 11) is 1.59. The van der Waals surface area contributed by atoms with E-state index in [9.17, 15) is 5.11 Å². The van der Waals surface area contributed by atoms with Gasteiger partial charge in [0.05, 0.1) is 19.4 Å². The van der Waals surface area contributed by atoms with E-state index in [0.29, 0.717) is 12.2 Å². The summed E-state index contributed by atoms with van der Waals surface area (Å²) in [6, 6.07) is 16.3. The second kappa shape index (κ2) is 5.94. The van der Waals surface area contributed by atoms with Crippen LogP contribution in [-0.2, 0) is 6.42 Å². The van der Waals surface area contributed by atoms with Crippen molar-refractivity contribution in [2.75, 3.05) is 7.11 Å². The van der Waals surface area contributed by atoms with Gasteiger partial charge in [0, 0.05) is 18.2 Å². The highest BCUT2D eigenvalue weighted by Crippen LogP contribution is 2.23. The van der Waals surface area contributed by atoms with Crippen LogP contribution in [0.15, 0.2) is 60.9 Å². The molecule has 0 amide bonds. The standard InChI is InChI=1S/C18H17NO2/c1-21-17-10-16(11-19-12-17)18(20)9-13-6-7-14-4-2-3-5-15(14)8-13/h2-8,10-12,18,20H,9H2,1H3. The molecule has 0 fully saturated rings. The molecule has 0 saturated heterocycles. The fourth-order valence-electron chi connectivity index (χ4n) is 2.44. The molecular weight excluding hydrogens is 262 g/mol. The van der Waals surface area contributed by atoms with Crippen molar-refractivity contribution in [1.82, 2.24) is 4.98 Å². The third-order valence-electron chi connectivity index (χ3n) is 3.60. The molecule has 0 aliphatic heterocycles. The molecule has 2 aromatic carbocycles. The molecule has 1 N–H and O–H groups in total. The Morgan fingerprint density at radius 1 is 1.05 bits per heavy atom. The minimum atomic E-state index is -0.589. The van der Waals surface area contributed by atoms with Gasteiger partial charge >= 0.3 is 0 Å². The molecule has 0 radical (unpaired) electrons. The first-order valence-electron chi connectivity index (χ1n) is 6.91. The summed E-state index contributed by atoms with van der Waals surface area (Å²) in [5.74, 6) is 0.657. The zero-order valence-corrected chi connectivity index (χ0v) is 11.9. The number of aliphatic hydroxyl groups is 1. The van der Waals surface area contributed by atoms with Gasteiger partial charge in [-0.05, 0) is 22.4 Å². The van der Waals surface area contributed by atoms with E-state index in [2.05, 4.69) is 35.3 Å². The van der Waals surface area contributed by atoms with Gasteiger partial charge in [-0.15, -0.1) is 0 Å². The highest BCUT2D eigenvalue weighted by atomic mass is 16.5. The summed E-state index contributed by atoms with van der Waals surface area (Å²) in [6.07, 6.45) is 3.27. The van der Waals surface area contributed by atoms with E-state index in [1.54, 1.807) is 19.5 Å². The van der Waals surface area contributed by atoms with Crippen LogP contribution >= 0.6 is 0 Å². The van der Waals surface area contributed by atoms with Crippen molar-refractivity contribution in [3.05, 3.63) is 72.1 Å². The topological polar surface area (TPSA) is 42.4 Å². The first-order valence-corrected chi connectivity index (χ1v) is 6.91. The maximum absolute atomic E-state index is 10.4. The molecule has 0 aliphatic carbocycles. The summed E-state index contributed by atoms with van der Waals surface area (Å²) in [4.78, 5) is 4.08. The van der Waals surface area contributed by atoms with Crippen LogP contribution in [0.1, 0.15) is 17.2 Å². The highest BCUT2D eigenvalue weighted by molar-refractivity contribution is 5.83. The first-order chi connectivity index (χ1) is 10.3. The lowest BCUT2D eigenvalue weighted by molar-refractivity contribution is 0.177. The van der Waals surface area contributed by atoms with Crippen LogP contribution in [0.2, 0.25) is 0 Å². The second-order valence-electron chi connectivity index (χ2n) is 5.06. The number of aliphatic hydroxyl groups excluding tert-OH is 1. The number of benzene rings is 2. The minimum Gasteiger partial charge on any atom is -0.495 e. The summed E-state index contributed by atoms with van der Waals surface area (Å²) in [5, 5.41) is 12.8. The zero-order valence-electron chi connectivity index (χ0n) is 11.9. The van der Waals surface area contributed by atoms with Gasteiger partial charge in [-0.3, -0.25) is 4.98 Å². The lowest BCUT2D eigenvalue weighted by Gasteiger charge is -2.12. The largest absolute Gasteiger partial charge is 0.495 e. The number of methoxy groups -OCH3 is 1. The van der Waals surface area contributed by atoms with Gasteiger partial charge in [0.1, 0.15) is 5.75 Å². The van der Waals surface area contributed by atoms with Crippen molar-refractivity contribution in [2.24, 2.45) is 0 Å². The van der Waals surface area contributed by atoms with E-state index in [0.717, 1.165) is 11.1 Å². The third kappa shape index (κ3) is 3.03. The molecule has 1 atom stereocenters. The maximum atomic E-state index is 10.4. The normalized spacial score (nSPS) is 12.3. The molecule has 1 aromatic heterocycles. The number of rotatable bonds is 4. The molecule has 3 rings (SSSR count). The molecule has 0 bridgehead atoms. The van der Waals surface area contributed by atoms with Gasteiger partial charge in [-0.2, -0.15) is 0 Å². The Morgan fingerprint density at radius 2 is 1.86 bits per heavy atom. The van der Waals surface area contributed by atoms with E-state index >= 15 is 0 Å². The quantitative estimate of drug-likeness (QED) is 0.794. The molecule has 21 heavy (non-hydrogen) atoms. The monoisotopic (exact) mass is 279 g/mol. The summed E-state index contributed by atoms with van der Waals surface area (Å²) in [6.45, 7) is 0. The zero-order chi connectivity index (χ0) is 14.7. The van der Waals surface area contributed by atoms with E-state index < -0.39 is 6.10 Å². The van der Waals surface area contributed by atoms with Crippen LogP contribution in [0.4, 0.5) is 0 Å². The first kappa shape index (κ1) is 13.6. The fraction of sp³-hybridized carbons (Fsp3) is 0.167.